The maximum atomic E-state index is 12.6. The minimum Gasteiger partial charge on any atom is -0.348 e. The van der Waals surface area contributed by atoms with Crippen LogP contribution in [0.4, 0.5) is 0 Å². The Labute approximate surface area is 134 Å². The molecule has 2 fully saturated rings. The summed E-state index contributed by atoms with van der Waals surface area (Å²) in [4.78, 5) is 29.3. The maximum Gasteiger partial charge on any atom is 0.287 e. The molecule has 0 aromatic carbocycles. The van der Waals surface area contributed by atoms with Crippen molar-refractivity contribution < 1.29 is 9.59 Å². The summed E-state index contributed by atoms with van der Waals surface area (Å²) >= 11 is 0. The van der Waals surface area contributed by atoms with Crippen LogP contribution in [0, 0.1) is 0 Å². The molecular formula is C17H20N4O2. The second kappa shape index (κ2) is 5.68. The van der Waals surface area contributed by atoms with Gasteiger partial charge in [0.2, 0.25) is 5.82 Å². The zero-order valence-electron chi connectivity index (χ0n) is 12.9. The molecule has 0 spiro atoms. The highest BCUT2D eigenvalue weighted by Crippen LogP contribution is 2.21. The molecule has 6 heteroatoms. The predicted molar refractivity (Wildman–Crippen MR) is 85.4 cm³/mol. The van der Waals surface area contributed by atoms with E-state index < -0.39 is 0 Å². The number of pyridine rings is 1. The van der Waals surface area contributed by atoms with Crippen molar-refractivity contribution in [3.8, 4) is 0 Å². The van der Waals surface area contributed by atoms with Gasteiger partial charge < -0.3 is 10.6 Å². The lowest BCUT2D eigenvalue weighted by Gasteiger charge is -2.10. The Balaban J connectivity index is 1.65. The molecule has 2 N–H and O–H groups in total. The molecule has 0 bridgehead atoms. The van der Waals surface area contributed by atoms with Crippen LogP contribution in [-0.2, 0) is 0 Å². The molecule has 2 aromatic heterocycles. The second-order valence-corrected chi connectivity index (χ2v) is 6.44. The first-order chi connectivity index (χ1) is 11.2. The first kappa shape index (κ1) is 14.2. The van der Waals surface area contributed by atoms with Crippen molar-refractivity contribution in [2.75, 3.05) is 0 Å². The van der Waals surface area contributed by atoms with Crippen molar-refractivity contribution in [2.45, 2.75) is 50.6 Å². The summed E-state index contributed by atoms with van der Waals surface area (Å²) in [5.74, 6) is -0.122. The van der Waals surface area contributed by atoms with Crippen LogP contribution in [0.15, 0.2) is 24.4 Å². The Morgan fingerprint density at radius 1 is 1.00 bits per heavy atom. The van der Waals surface area contributed by atoms with Gasteiger partial charge in [-0.1, -0.05) is 18.9 Å². The summed E-state index contributed by atoms with van der Waals surface area (Å²) in [6.45, 7) is 0. The number of carbonyl (C=O) groups excluding carboxylic acids is 2. The van der Waals surface area contributed by atoms with Gasteiger partial charge in [0, 0.05) is 18.3 Å². The van der Waals surface area contributed by atoms with Crippen LogP contribution in [0.25, 0.3) is 5.52 Å². The number of hydrogen-bond donors (Lipinski definition) is 2. The van der Waals surface area contributed by atoms with Crippen LogP contribution in [0.2, 0.25) is 0 Å². The zero-order chi connectivity index (χ0) is 15.8. The molecule has 120 valence electrons. The van der Waals surface area contributed by atoms with Crippen molar-refractivity contribution in [1.29, 1.82) is 0 Å². The highest BCUT2D eigenvalue weighted by Gasteiger charge is 2.28. The van der Waals surface area contributed by atoms with Gasteiger partial charge in [0.15, 0.2) is 5.69 Å². The zero-order valence-corrected chi connectivity index (χ0v) is 12.9. The van der Waals surface area contributed by atoms with Gasteiger partial charge in [-0.25, -0.2) is 4.98 Å². The number of hydrogen-bond acceptors (Lipinski definition) is 3. The molecule has 2 amide bonds. The minimum atomic E-state index is -0.214. The third-order valence-electron chi connectivity index (χ3n) is 4.57. The Bertz CT molecular complexity index is 757. The van der Waals surface area contributed by atoms with Crippen LogP contribution in [0.1, 0.15) is 59.6 Å². The van der Waals surface area contributed by atoms with Crippen molar-refractivity contribution in [3.05, 3.63) is 35.9 Å². The van der Waals surface area contributed by atoms with Gasteiger partial charge >= 0.3 is 0 Å². The van der Waals surface area contributed by atoms with E-state index in [9.17, 15) is 9.59 Å². The molecule has 0 aliphatic heterocycles. The monoisotopic (exact) mass is 312 g/mol. The molecule has 2 aromatic rings. The van der Waals surface area contributed by atoms with E-state index in [2.05, 4.69) is 15.6 Å². The molecular weight excluding hydrogens is 292 g/mol. The third kappa shape index (κ3) is 2.81. The molecule has 0 atom stereocenters. The van der Waals surface area contributed by atoms with Crippen molar-refractivity contribution in [3.63, 3.8) is 0 Å². The van der Waals surface area contributed by atoms with Crippen LogP contribution >= 0.6 is 0 Å². The first-order valence-corrected chi connectivity index (χ1v) is 8.31. The first-order valence-electron chi connectivity index (χ1n) is 8.31. The number of amides is 2. The van der Waals surface area contributed by atoms with E-state index in [1.54, 1.807) is 10.6 Å². The Morgan fingerprint density at radius 2 is 1.70 bits per heavy atom. The third-order valence-corrected chi connectivity index (χ3v) is 4.57. The second-order valence-electron chi connectivity index (χ2n) is 6.44. The highest BCUT2D eigenvalue weighted by molar-refractivity contribution is 6.02. The van der Waals surface area contributed by atoms with Crippen molar-refractivity contribution in [2.24, 2.45) is 0 Å². The predicted octanol–water partition coefficient (Wildman–Crippen LogP) is 1.90. The van der Waals surface area contributed by atoms with E-state index in [0.717, 1.165) is 38.5 Å². The van der Waals surface area contributed by atoms with Gasteiger partial charge in [0.25, 0.3) is 11.8 Å². The molecule has 2 aliphatic carbocycles. The lowest BCUT2D eigenvalue weighted by molar-refractivity contribution is 0.0935. The summed E-state index contributed by atoms with van der Waals surface area (Å²) in [6.07, 6.45) is 8.16. The largest absolute Gasteiger partial charge is 0.348 e. The average Bonchev–Trinajstić information content (AvgIpc) is 3.08. The summed E-state index contributed by atoms with van der Waals surface area (Å²) in [5, 5.41) is 5.98. The Kier molecular flexibility index (Phi) is 3.52. The number of nitrogens with one attached hydrogen (secondary N) is 2. The summed E-state index contributed by atoms with van der Waals surface area (Å²) in [5.41, 5.74) is 1.00. The van der Waals surface area contributed by atoms with Crippen molar-refractivity contribution >= 4 is 17.3 Å². The topological polar surface area (TPSA) is 75.5 Å². The fraction of sp³-hybridized carbons (Fsp3) is 0.471. The summed E-state index contributed by atoms with van der Waals surface area (Å²) in [6, 6.07) is 6.00. The standard InChI is InChI=1S/C17H20N4O2/c22-16(18-11-5-1-2-6-11)14-13-7-3-4-10-21(13)15(20-14)17(23)19-12-8-9-12/h3-4,7,10-12H,1-2,5-6,8-9H2,(H,18,22)(H,19,23). The van der Waals surface area contributed by atoms with E-state index in [4.69, 9.17) is 0 Å². The van der Waals surface area contributed by atoms with Gasteiger partial charge in [-0.2, -0.15) is 0 Å². The maximum absolute atomic E-state index is 12.6. The van der Waals surface area contributed by atoms with Gasteiger partial charge in [0.05, 0.1) is 5.52 Å². The van der Waals surface area contributed by atoms with E-state index >= 15 is 0 Å². The fourth-order valence-electron chi connectivity index (χ4n) is 3.17. The number of rotatable bonds is 4. The van der Waals surface area contributed by atoms with Crippen LogP contribution < -0.4 is 10.6 Å². The van der Waals surface area contributed by atoms with Gasteiger partial charge in [-0.05, 0) is 37.8 Å². The van der Waals surface area contributed by atoms with Gasteiger partial charge in [-0.15, -0.1) is 0 Å². The Hall–Kier alpha value is -2.37. The van der Waals surface area contributed by atoms with Crippen LogP contribution in [0.3, 0.4) is 0 Å². The molecule has 0 radical (unpaired) electrons. The molecule has 6 nitrogen and oxygen atoms in total. The normalized spacial score (nSPS) is 18.3. The molecule has 2 aliphatic rings. The lowest BCUT2D eigenvalue weighted by atomic mass is 10.2. The van der Waals surface area contributed by atoms with Gasteiger partial charge in [-0.3, -0.25) is 14.0 Å². The Morgan fingerprint density at radius 3 is 2.43 bits per heavy atom. The summed E-state index contributed by atoms with van der Waals surface area (Å²) in [7, 11) is 0. The van der Waals surface area contributed by atoms with E-state index in [1.807, 2.05) is 18.2 Å². The smallest absolute Gasteiger partial charge is 0.287 e. The SMILES string of the molecule is O=C(NC1CCCC1)c1nc(C(=O)NC2CC2)n2ccccc12. The number of aromatic nitrogens is 2. The molecule has 2 saturated carbocycles. The highest BCUT2D eigenvalue weighted by atomic mass is 16.2. The van der Waals surface area contributed by atoms with E-state index in [-0.39, 0.29) is 29.7 Å². The molecule has 23 heavy (non-hydrogen) atoms. The molecule has 0 saturated heterocycles. The van der Waals surface area contributed by atoms with Crippen LogP contribution in [0.5, 0.6) is 0 Å². The number of imidazole rings is 1. The number of carbonyl (C=O) groups is 2. The van der Waals surface area contributed by atoms with E-state index in [0.29, 0.717) is 11.2 Å². The quantitative estimate of drug-likeness (QED) is 0.905. The fourth-order valence-corrected chi connectivity index (χ4v) is 3.17. The minimum absolute atomic E-state index is 0.189. The molecule has 4 rings (SSSR count). The summed E-state index contributed by atoms with van der Waals surface area (Å²) < 4.78 is 1.70. The van der Waals surface area contributed by atoms with E-state index in [1.165, 1.54) is 0 Å². The lowest BCUT2D eigenvalue weighted by Crippen LogP contribution is -2.33. The van der Waals surface area contributed by atoms with Crippen LogP contribution in [-0.4, -0.2) is 33.3 Å². The average molecular weight is 312 g/mol. The van der Waals surface area contributed by atoms with Gasteiger partial charge in [0.1, 0.15) is 0 Å². The van der Waals surface area contributed by atoms with Crippen molar-refractivity contribution in [1.82, 2.24) is 20.0 Å². The number of nitrogens with zero attached hydrogens (tertiary/aromatic N) is 2. The number of fused-ring (bicyclic) bond motifs is 1. The molecule has 0 unspecified atom stereocenters. The molecule has 2 heterocycles.